The van der Waals surface area contributed by atoms with Gasteiger partial charge in [0, 0.05) is 18.9 Å². The first-order valence-corrected chi connectivity index (χ1v) is 6.20. The first-order chi connectivity index (χ1) is 7.34. The third-order valence-corrected chi connectivity index (χ3v) is 4.00. The average Bonchev–Trinajstić information content (AvgIpc) is 2.60. The molecule has 0 bridgehead atoms. The van der Waals surface area contributed by atoms with Crippen LogP contribution < -0.4 is 4.72 Å². The molecule has 2 N–H and O–H groups in total. The van der Waals surface area contributed by atoms with Gasteiger partial charge in [-0.1, -0.05) is 0 Å². The third kappa shape index (κ3) is 2.83. The van der Waals surface area contributed by atoms with Gasteiger partial charge in [0.2, 0.25) is 10.0 Å². The summed E-state index contributed by atoms with van der Waals surface area (Å²) < 4.78 is 27.0. The lowest BCUT2D eigenvalue weighted by Gasteiger charge is -2.10. The van der Waals surface area contributed by atoms with E-state index in [4.69, 9.17) is 5.11 Å². The Morgan fingerprint density at radius 1 is 1.62 bits per heavy atom. The van der Waals surface area contributed by atoms with E-state index in [1.165, 1.54) is 0 Å². The van der Waals surface area contributed by atoms with E-state index in [9.17, 15) is 13.2 Å². The van der Waals surface area contributed by atoms with E-state index in [0.29, 0.717) is 0 Å². The Morgan fingerprint density at radius 2 is 2.25 bits per heavy atom. The van der Waals surface area contributed by atoms with Crippen molar-refractivity contribution in [3.05, 3.63) is 24.0 Å². The number of nitrogens with zero attached hydrogens (tertiary/aromatic N) is 1. The Kier molecular flexibility index (Phi) is 3.71. The molecule has 1 rings (SSSR count). The second-order valence-electron chi connectivity index (χ2n) is 3.46. The maximum atomic E-state index is 11.5. The van der Waals surface area contributed by atoms with E-state index in [1.807, 2.05) is 0 Å². The van der Waals surface area contributed by atoms with E-state index in [2.05, 4.69) is 4.72 Å². The molecule has 1 atom stereocenters. The Bertz CT molecular complexity index is 477. The van der Waals surface area contributed by atoms with Gasteiger partial charge < -0.3 is 9.67 Å². The lowest BCUT2D eigenvalue weighted by Crippen LogP contribution is -2.37. The molecule has 0 saturated carbocycles. The second kappa shape index (κ2) is 4.67. The quantitative estimate of drug-likeness (QED) is 0.760. The molecule has 1 aromatic heterocycles. The van der Waals surface area contributed by atoms with Crippen molar-refractivity contribution in [2.45, 2.75) is 18.7 Å². The Hall–Kier alpha value is -1.34. The summed E-state index contributed by atoms with van der Waals surface area (Å²) in [5, 5.41) is 7.15. The molecule has 16 heavy (non-hydrogen) atoms. The van der Waals surface area contributed by atoms with Crippen LogP contribution >= 0.6 is 0 Å². The summed E-state index contributed by atoms with van der Waals surface area (Å²) in [6, 6.07) is 3.54. The van der Waals surface area contributed by atoms with Gasteiger partial charge in [-0.05, 0) is 19.1 Å². The third-order valence-electron chi connectivity index (χ3n) is 2.32. The molecule has 0 aliphatic rings. The lowest BCUT2D eigenvalue weighted by molar-refractivity contribution is -0.136. The Labute approximate surface area is 93.9 Å². The van der Waals surface area contributed by atoms with Gasteiger partial charge in [0.05, 0.1) is 6.54 Å². The zero-order chi connectivity index (χ0) is 12.3. The predicted molar refractivity (Wildman–Crippen MR) is 58.3 cm³/mol. The highest BCUT2D eigenvalue weighted by molar-refractivity contribution is 7.90. The molecule has 0 amide bonds. The summed E-state index contributed by atoms with van der Waals surface area (Å²) >= 11 is 0. The minimum absolute atomic E-state index is 0.0868. The monoisotopic (exact) mass is 246 g/mol. The highest BCUT2D eigenvalue weighted by Gasteiger charge is 2.27. The van der Waals surface area contributed by atoms with Crippen LogP contribution in [-0.2, 0) is 28.4 Å². The van der Waals surface area contributed by atoms with Crippen LogP contribution in [0.5, 0.6) is 0 Å². The molecule has 1 aromatic rings. The fraction of sp³-hybridized carbons (Fsp3) is 0.444. The van der Waals surface area contributed by atoms with Crippen LogP contribution in [0.4, 0.5) is 0 Å². The summed E-state index contributed by atoms with van der Waals surface area (Å²) in [7, 11) is -2.03. The van der Waals surface area contributed by atoms with Gasteiger partial charge in [-0.3, -0.25) is 4.79 Å². The van der Waals surface area contributed by atoms with Crippen molar-refractivity contribution in [3.8, 4) is 0 Å². The van der Waals surface area contributed by atoms with Crippen molar-refractivity contribution in [1.82, 2.24) is 9.29 Å². The molecule has 0 aliphatic heterocycles. The average molecular weight is 246 g/mol. The number of carbonyl (C=O) groups is 1. The number of carboxylic acids is 1. The number of hydrogen-bond donors (Lipinski definition) is 2. The van der Waals surface area contributed by atoms with E-state index in [-0.39, 0.29) is 6.54 Å². The van der Waals surface area contributed by atoms with Crippen LogP contribution in [-0.4, -0.2) is 29.3 Å². The highest BCUT2D eigenvalue weighted by Crippen LogP contribution is 2.03. The summed E-state index contributed by atoms with van der Waals surface area (Å²) in [4.78, 5) is 10.5. The van der Waals surface area contributed by atoms with Crippen molar-refractivity contribution in [1.29, 1.82) is 0 Å². The molecule has 0 aromatic carbocycles. The predicted octanol–water partition coefficient (Wildman–Crippen LogP) is -0.0824. The first-order valence-electron chi connectivity index (χ1n) is 4.66. The lowest BCUT2D eigenvalue weighted by atomic mass is 10.4. The molecule has 0 fully saturated rings. The minimum atomic E-state index is -3.82. The molecule has 7 heteroatoms. The first kappa shape index (κ1) is 12.7. The van der Waals surface area contributed by atoms with E-state index >= 15 is 0 Å². The van der Waals surface area contributed by atoms with Crippen LogP contribution in [0.2, 0.25) is 0 Å². The second-order valence-corrected chi connectivity index (χ2v) is 5.54. The summed E-state index contributed by atoms with van der Waals surface area (Å²) in [5.74, 6) is -1.36. The molecule has 1 unspecified atom stereocenters. The topological polar surface area (TPSA) is 88.4 Å². The number of rotatable bonds is 5. The Morgan fingerprint density at radius 3 is 2.69 bits per heavy atom. The number of aromatic nitrogens is 1. The maximum absolute atomic E-state index is 11.5. The Balaban J connectivity index is 2.69. The molecule has 0 saturated heterocycles. The maximum Gasteiger partial charge on any atom is 0.323 e. The molecule has 1 heterocycles. The number of aryl methyl sites for hydroxylation is 1. The molecule has 90 valence electrons. The number of hydrogen-bond acceptors (Lipinski definition) is 3. The SMILES string of the molecule is CC(C(=O)O)S(=O)(=O)NCc1cccn1C. The molecule has 0 aliphatic carbocycles. The van der Waals surface area contributed by atoms with Crippen molar-refractivity contribution >= 4 is 16.0 Å². The molecular weight excluding hydrogens is 232 g/mol. The number of sulfonamides is 1. The highest BCUT2D eigenvalue weighted by atomic mass is 32.2. The van der Waals surface area contributed by atoms with Crippen molar-refractivity contribution in [3.63, 3.8) is 0 Å². The number of nitrogens with one attached hydrogen (secondary N) is 1. The van der Waals surface area contributed by atoms with Gasteiger partial charge in [0.15, 0.2) is 5.25 Å². The standard InChI is InChI=1S/C9H14N2O4S/c1-7(9(12)13)16(14,15)10-6-8-4-3-5-11(8)2/h3-5,7,10H,6H2,1-2H3,(H,12,13). The number of aliphatic carboxylic acids is 1. The number of carboxylic acid groups (broad SMARTS) is 1. The van der Waals surface area contributed by atoms with Crippen LogP contribution in [0.15, 0.2) is 18.3 Å². The molecule has 6 nitrogen and oxygen atoms in total. The van der Waals surface area contributed by atoms with Crippen LogP contribution in [0.25, 0.3) is 0 Å². The normalized spacial score (nSPS) is 13.6. The minimum Gasteiger partial charge on any atom is -0.480 e. The van der Waals surface area contributed by atoms with Gasteiger partial charge in [0.25, 0.3) is 0 Å². The van der Waals surface area contributed by atoms with Crippen molar-refractivity contribution in [2.75, 3.05) is 0 Å². The summed E-state index contributed by atoms with van der Waals surface area (Å²) in [5.41, 5.74) is 0.765. The zero-order valence-corrected chi connectivity index (χ0v) is 9.86. The molecule has 0 radical (unpaired) electrons. The molecular formula is C9H14N2O4S. The van der Waals surface area contributed by atoms with Gasteiger partial charge in [-0.15, -0.1) is 0 Å². The van der Waals surface area contributed by atoms with Crippen LogP contribution in [0, 0.1) is 0 Å². The van der Waals surface area contributed by atoms with Gasteiger partial charge in [-0.2, -0.15) is 0 Å². The van der Waals surface area contributed by atoms with E-state index in [1.54, 1.807) is 29.9 Å². The van der Waals surface area contributed by atoms with Crippen LogP contribution in [0.1, 0.15) is 12.6 Å². The van der Waals surface area contributed by atoms with Gasteiger partial charge in [-0.25, -0.2) is 13.1 Å². The fourth-order valence-corrected chi connectivity index (χ4v) is 1.98. The van der Waals surface area contributed by atoms with Crippen molar-refractivity contribution < 1.29 is 18.3 Å². The van der Waals surface area contributed by atoms with Crippen molar-refractivity contribution in [2.24, 2.45) is 7.05 Å². The van der Waals surface area contributed by atoms with Gasteiger partial charge in [0.1, 0.15) is 0 Å². The van der Waals surface area contributed by atoms with Gasteiger partial charge >= 0.3 is 5.97 Å². The summed E-state index contributed by atoms with van der Waals surface area (Å²) in [6.07, 6.45) is 1.78. The van der Waals surface area contributed by atoms with E-state index in [0.717, 1.165) is 12.6 Å². The smallest absolute Gasteiger partial charge is 0.323 e. The fourth-order valence-electron chi connectivity index (χ4n) is 1.11. The van der Waals surface area contributed by atoms with Crippen LogP contribution in [0.3, 0.4) is 0 Å². The summed E-state index contributed by atoms with van der Waals surface area (Å²) in [6.45, 7) is 1.22. The largest absolute Gasteiger partial charge is 0.480 e. The zero-order valence-electron chi connectivity index (χ0n) is 9.04. The molecule has 0 spiro atoms. The van der Waals surface area contributed by atoms with E-state index < -0.39 is 21.2 Å².